The predicted molar refractivity (Wildman–Crippen MR) is 140 cm³/mol. The number of hydrazine groups is 1. The molecule has 0 aliphatic rings. The normalized spacial score (nSPS) is 12.9. The molecular weight excluding hydrogens is 453 g/mol. The number of Topliss-reactive ketones (excluding diaryl/α,β-unsaturated/α-hetero) is 1. The van der Waals surface area contributed by atoms with Crippen molar-refractivity contribution in [2.24, 2.45) is 22.6 Å². The van der Waals surface area contributed by atoms with Crippen molar-refractivity contribution >= 4 is 24.8 Å². The number of aliphatic imine (C=N–C) groups is 1. The Hall–Kier alpha value is -2.47. The summed E-state index contributed by atoms with van der Waals surface area (Å²) in [5, 5.41) is 31.4. The molecule has 0 heterocycles. The summed E-state index contributed by atoms with van der Waals surface area (Å²) in [6.45, 7) is 7.65. The molecule has 0 aliphatic heterocycles. The predicted octanol–water partition coefficient (Wildman–Crippen LogP) is 2.53. The summed E-state index contributed by atoms with van der Waals surface area (Å²) in [6.07, 6.45) is 9.35. The van der Waals surface area contributed by atoms with E-state index in [-0.39, 0.29) is 38.1 Å². The number of allylic oxidation sites excluding steroid dienone is 1. The first kappa shape index (κ1) is 34.7. The second-order valence-corrected chi connectivity index (χ2v) is 8.97. The number of carbonyl (C=O) groups excluding carboxylic acids is 2. The highest BCUT2D eigenvalue weighted by Crippen LogP contribution is 2.17. The van der Waals surface area contributed by atoms with E-state index in [1.807, 2.05) is 19.9 Å². The molecule has 2 atom stereocenters. The largest absolute Gasteiger partial charge is 0.475 e. The van der Waals surface area contributed by atoms with Crippen LogP contribution >= 0.6 is 0 Å². The van der Waals surface area contributed by atoms with Crippen LogP contribution in [0.5, 0.6) is 0 Å². The van der Waals surface area contributed by atoms with Crippen LogP contribution in [0.1, 0.15) is 91.9 Å². The van der Waals surface area contributed by atoms with Crippen LogP contribution < -0.4 is 16.5 Å². The van der Waals surface area contributed by atoms with Crippen molar-refractivity contribution in [2.75, 3.05) is 6.54 Å². The number of carbonyl (C=O) groups is 2. The van der Waals surface area contributed by atoms with Crippen molar-refractivity contribution in [3.8, 4) is 0 Å². The first-order valence-electron chi connectivity index (χ1n) is 12.1. The maximum Gasteiger partial charge on any atom is 0.475 e. The molecule has 6 N–H and O–H groups in total. The van der Waals surface area contributed by atoms with E-state index in [9.17, 15) is 29.8 Å². The molecule has 0 aromatic heterocycles. The third-order valence-corrected chi connectivity index (χ3v) is 5.32. The molecule has 0 spiro atoms. The molecule has 0 aromatic rings. The highest BCUT2D eigenvalue weighted by Gasteiger charge is 2.29. The number of hydrogen-bond donors (Lipinski definition) is 5. The average molecular weight is 499 g/mol. The lowest BCUT2D eigenvalue weighted by molar-refractivity contribution is -0.525. The van der Waals surface area contributed by atoms with Gasteiger partial charge in [0.15, 0.2) is 5.03 Å². The quantitative estimate of drug-likeness (QED) is 0.0322. The van der Waals surface area contributed by atoms with E-state index in [0.29, 0.717) is 25.7 Å². The van der Waals surface area contributed by atoms with Crippen molar-refractivity contribution in [2.45, 2.75) is 97.8 Å². The molecule has 0 saturated heterocycles. The lowest BCUT2D eigenvalue weighted by atomic mass is 9.74. The summed E-state index contributed by atoms with van der Waals surface area (Å²) in [5.41, 5.74) is 7.13. The maximum absolute atomic E-state index is 12.9. The number of ketones is 1. The first-order chi connectivity index (χ1) is 16.1. The number of rotatable bonds is 20. The second-order valence-electron chi connectivity index (χ2n) is 8.97. The van der Waals surface area contributed by atoms with Gasteiger partial charge in [-0.1, -0.05) is 52.0 Å². The Balaban J connectivity index is 0. The third kappa shape index (κ3) is 19.5. The summed E-state index contributed by atoms with van der Waals surface area (Å²) in [5.74, 6) is -2.14. The summed E-state index contributed by atoms with van der Waals surface area (Å²) in [7, 11) is -1.71. The Morgan fingerprint density at radius 2 is 1.80 bits per heavy atom. The van der Waals surface area contributed by atoms with Crippen molar-refractivity contribution in [3.05, 3.63) is 22.8 Å². The van der Waals surface area contributed by atoms with E-state index in [0.717, 1.165) is 38.5 Å². The van der Waals surface area contributed by atoms with E-state index in [2.05, 4.69) is 16.9 Å². The van der Waals surface area contributed by atoms with Gasteiger partial charge in [-0.15, -0.1) is 6.58 Å². The lowest BCUT2D eigenvalue weighted by Crippen LogP contribution is -2.49. The minimum absolute atomic E-state index is 0. The van der Waals surface area contributed by atoms with Crippen LogP contribution in [0, 0.1) is 22.0 Å². The van der Waals surface area contributed by atoms with Crippen molar-refractivity contribution in [3.63, 3.8) is 0 Å². The fourth-order valence-corrected chi connectivity index (χ4v) is 3.57. The third-order valence-electron chi connectivity index (χ3n) is 5.32. The highest BCUT2D eigenvalue weighted by molar-refractivity contribution is 6.43. The Labute approximate surface area is 210 Å². The van der Waals surface area contributed by atoms with Gasteiger partial charge in [-0.3, -0.25) is 9.59 Å². The lowest BCUT2D eigenvalue weighted by Gasteiger charge is -2.23. The molecule has 0 unspecified atom stereocenters. The fraction of sp³-hybridized carbons (Fsp3) is 0.783. The Morgan fingerprint density at radius 1 is 1.17 bits per heavy atom. The second kappa shape index (κ2) is 20.9. The van der Waals surface area contributed by atoms with Gasteiger partial charge in [-0.05, 0) is 44.4 Å². The number of nitro groups is 1. The number of hydrogen-bond acceptors (Lipinski definition) is 7. The Morgan fingerprint density at radius 3 is 2.37 bits per heavy atom. The van der Waals surface area contributed by atoms with Gasteiger partial charge < -0.3 is 21.1 Å². The number of nitrogens with two attached hydrogens (primary N) is 1. The molecule has 12 heteroatoms. The van der Waals surface area contributed by atoms with Crippen LogP contribution in [-0.2, 0) is 9.59 Å². The van der Waals surface area contributed by atoms with E-state index in [1.165, 1.54) is 0 Å². The van der Waals surface area contributed by atoms with Gasteiger partial charge >= 0.3 is 7.12 Å². The minimum Gasteiger partial charge on any atom is -0.426 e. The number of nitrogens with zero attached hydrogens (tertiary/aromatic N) is 2. The van der Waals surface area contributed by atoms with Gasteiger partial charge in [-0.25, -0.2) is 15.1 Å². The molecule has 0 fully saturated rings. The van der Waals surface area contributed by atoms with E-state index >= 15 is 0 Å². The maximum atomic E-state index is 12.9. The Bertz CT molecular complexity index is 660. The first-order valence-corrected chi connectivity index (χ1v) is 12.1. The molecule has 1 amide bonds. The molecule has 11 nitrogen and oxygen atoms in total. The molecule has 0 aliphatic carbocycles. The topological polar surface area (TPSA) is 180 Å². The van der Waals surface area contributed by atoms with Gasteiger partial charge in [0.2, 0.25) is 5.91 Å². The monoisotopic (exact) mass is 499 g/mol. The highest BCUT2D eigenvalue weighted by atomic mass is 16.7. The van der Waals surface area contributed by atoms with E-state index in [1.54, 1.807) is 5.43 Å². The van der Waals surface area contributed by atoms with Gasteiger partial charge in [-0.2, -0.15) is 0 Å². The average Bonchev–Trinajstić information content (AvgIpc) is 2.73. The van der Waals surface area contributed by atoms with Crippen LogP contribution in [-0.4, -0.2) is 52.3 Å². The van der Waals surface area contributed by atoms with Crippen molar-refractivity contribution in [1.82, 2.24) is 10.7 Å². The molecule has 35 heavy (non-hydrogen) atoms. The van der Waals surface area contributed by atoms with E-state index < -0.39 is 29.9 Å². The molecule has 0 radical (unpaired) electrons. The van der Waals surface area contributed by atoms with E-state index in [4.69, 9.17) is 5.73 Å². The minimum atomic E-state index is -1.71. The number of nitrogens with one attached hydrogen (secondary N) is 2. The molecule has 0 rings (SSSR count). The summed E-state index contributed by atoms with van der Waals surface area (Å²) >= 11 is 0. The number of unbranched alkanes of at least 4 members (excludes halogenated alkanes) is 5. The standard InChI is InChI=1S/C22H42BN5O6.CH4/c1-4-5-6-7-8-9-10-13-19(29)16-18(12-11-14-25-22(24)27-28(33)34)21(30)26-20(23(31)32)15-17(2)3;/h4,17-18,20,31-32H,1,5-16H2,2-3H3,(H,26,30)(H3,24,25,27);1H4/t18-,20+;/m1./s1. The molecular formula is C23H46BN5O6. The van der Waals surface area contributed by atoms with Gasteiger partial charge in [0.25, 0.3) is 5.96 Å². The Kier molecular flexibility index (Phi) is 20.7. The van der Waals surface area contributed by atoms with Crippen LogP contribution in [0.2, 0.25) is 0 Å². The van der Waals surface area contributed by atoms with Gasteiger partial charge in [0.05, 0.1) is 5.94 Å². The zero-order chi connectivity index (χ0) is 25.9. The zero-order valence-corrected chi connectivity index (χ0v) is 20.6. The number of amides is 1. The van der Waals surface area contributed by atoms with Crippen LogP contribution in [0.3, 0.4) is 0 Å². The molecule has 202 valence electrons. The van der Waals surface area contributed by atoms with Crippen LogP contribution in [0.15, 0.2) is 17.6 Å². The van der Waals surface area contributed by atoms with Gasteiger partial charge in [0, 0.05) is 25.3 Å². The van der Waals surface area contributed by atoms with Crippen molar-refractivity contribution in [1.29, 1.82) is 0 Å². The molecule has 0 saturated carbocycles. The summed E-state index contributed by atoms with van der Waals surface area (Å²) in [6, 6.07) is 0. The fourth-order valence-electron chi connectivity index (χ4n) is 3.57. The molecule has 0 bridgehead atoms. The summed E-state index contributed by atoms with van der Waals surface area (Å²) in [4.78, 5) is 39.6. The summed E-state index contributed by atoms with van der Waals surface area (Å²) < 4.78 is 0. The van der Waals surface area contributed by atoms with Crippen molar-refractivity contribution < 1.29 is 24.7 Å². The smallest absolute Gasteiger partial charge is 0.426 e. The zero-order valence-electron chi connectivity index (χ0n) is 20.6. The SMILES string of the molecule is C.C=CCCCCCCCC(=O)C[C@@H](CCCN=C(N)N[N+](=O)[O-])C(=O)N[C@@H](CC(C)C)B(O)O. The number of guanidine groups is 1. The molecule has 0 aromatic carbocycles. The van der Waals surface area contributed by atoms with Crippen LogP contribution in [0.25, 0.3) is 0 Å². The van der Waals surface area contributed by atoms with Crippen LogP contribution in [0.4, 0.5) is 0 Å². The van der Waals surface area contributed by atoms with Gasteiger partial charge in [0.1, 0.15) is 5.78 Å².